The van der Waals surface area contributed by atoms with Gasteiger partial charge >= 0.3 is 0 Å². The third kappa shape index (κ3) is 6.63. The predicted octanol–water partition coefficient (Wildman–Crippen LogP) is 3.34. The number of ether oxygens (including phenoxy) is 1. The van der Waals surface area contributed by atoms with Gasteiger partial charge in [-0.3, -0.25) is 9.52 Å². The Kier molecular flexibility index (Phi) is 8.50. The monoisotopic (exact) mass is 655 g/mol. The van der Waals surface area contributed by atoms with E-state index in [1.54, 1.807) is 6.20 Å². The van der Waals surface area contributed by atoms with Crippen molar-refractivity contribution in [2.24, 2.45) is 5.92 Å². The normalized spacial score (nSPS) is 17.8. The lowest BCUT2D eigenvalue weighted by Crippen LogP contribution is -2.36. The Morgan fingerprint density at radius 3 is 2.45 bits per heavy atom. The third-order valence-electron chi connectivity index (χ3n) is 9.22. The van der Waals surface area contributed by atoms with E-state index in [-0.39, 0.29) is 18.3 Å². The van der Waals surface area contributed by atoms with Gasteiger partial charge in [0.2, 0.25) is 15.9 Å². The summed E-state index contributed by atoms with van der Waals surface area (Å²) in [4.78, 5) is 31.6. The van der Waals surface area contributed by atoms with Gasteiger partial charge in [0.05, 0.1) is 54.4 Å². The second-order valence-corrected chi connectivity index (χ2v) is 14.3. The highest BCUT2D eigenvalue weighted by Crippen LogP contribution is 2.43. The van der Waals surface area contributed by atoms with Crippen LogP contribution in [0.4, 0.5) is 11.6 Å². The molecule has 7 rings (SSSR count). The molecule has 1 aliphatic carbocycles. The van der Waals surface area contributed by atoms with Crippen LogP contribution in [0.15, 0.2) is 42.7 Å². The molecule has 1 saturated carbocycles. The quantitative estimate of drug-likeness (QED) is 0.297. The van der Waals surface area contributed by atoms with Crippen molar-refractivity contribution in [3.8, 4) is 22.9 Å². The molecule has 3 fully saturated rings. The first-order valence-corrected chi connectivity index (χ1v) is 18.0. The summed E-state index contributed by atoms with van der Waals surface area (Å²) in [5, 5.41) is 15.4. The lowest BCUT2D eigenvalue weighted by Gasteiger charge is -2.30. The van der Waals surface area contributed by atoms with Crippen molar-refractivity contribution in [2.75, 3.05) is 55.4 Å². The van der Waals surface area contributed by atoms with Crippen LogP contribution >= 0.6 is 0 Å². The molecule has 13 nitrogen and oxygen atoms in total. The second kappa shape index (κ2) is 12.9. The molecule has 4 aromatic heterocycles. The van der Waals surface area contributed by atoms with E-state index in [1.807, 2.05) is 41.2 Å². The molecule has 1 N–H and O–H groups in total. The number of nitriles is 1. The van der Waals surface area contributed by atoms with E-state index < -0.39 is 15.9 Å². The summed E-state index contributed by atoms with van der Waals surface area (Å²) in [6, 6.07) is 12.2. The van der Waals surface area contributed by atoms with Crippen LogP contribution in [0.2, 0.25) is 0 Å². The highest BCUT2D eigenvalue weighted by molar-refractivity contribution is 7.89. The van der Waals surface area contributed by atoms with Gasteiger partial charge in [0.15, 0.2) is 5.65 Å². The zero-order chi connectivity index (χ0) is 32.5. The predicted molar refractivity (Wildman–Crippen MR) is 177 cm³/mol. The van der Waals surface area contributed by atoms with Crippen LogP contribution in [0.3, 0.4) is 0 Å². The number of rotatable bonds is 8. The molecule has 244 valence electrons. The van der Waals surface area contributed by atoms with Gasteiger partial charge in [-0.1, -0.05) is 6.42 Å². The number of hydrogen-bond acceptors (Lipinski definition) is 11. The Morgan fingerprint density at radius 2 is 1.79 bits per heavy atom. The van der Waals surface area contributed by atoms with E-state index in [0.717, 1.165) is 104 Å². The first kappa shape index (κ1) is 31.0. The van der Waals surface area contributed by atoms with Gasteiger partial charge in [-0.15, -0.1) is 0 Å². The van der Waals surface area contributed by atoms with E-state index in [0.29, 0.717) is 24.6 Å². The molecule has 14 heteroatoms. The number of fused-ring (bicyclic) bond motifs is 1. The first-order valence-electron chi connectivity index (χ1n) is 16.1. The molecule has 2 saturated heterocycles. The lowest BCUT2D eigenvalue weighted by atomic mass is 9.81. The molecule has 1 amide bonds. The summed E-state index contributed by atoms with van der Waals surface area (Å²) in [7, 11) is -3.74. The van der Waals surface area contributed by atoms with Gasteiger partial charge in [0.25, 0.3) is 0 Å². The average Bonchev–Trinajstić information content (AvgIpc) is 3.42. The molecule has 3 aliphatic rings. The summed E-state index contributed by atoms with van der Waals surface area (Å²) in [6.07, 6.45) is 9.14. The highest BCUT2D eigenvalue weighted by Gasteiger charge is 2.30. The molecule has 0 atom stereocenters. The molecule has 47 heavy (non-hydrogen) atoms. The second-order valence-electron chi connectivity index (χ2n) is 12.5. The van der Waals surface area contributed by atoms with Crippen LogP contribution < -0.4 is 14.5 Å². The molecule has 0 radical (unpaired) electrons. The van der Waals surface area contributed by atoms with Crippen LogP contribution in [0, 0.1) is 17.2 Å². The fourth-order valence-corrected chi connectivity index (χ4v) is 7.03. The molecule has 6 heterocycles. The third-order valence-corrected chi connectivity index (χ3v) is 9.82. The number of carbonyl (C=O) groups is 1. The lowest BCUT2D eigenvalue weighted by molar-refractivity contribution is -0.118. The van der Waals surface area contributed by atoms with Crippen LogP contribution in [0.5, 0.6) is 0 Å². The molecular formula is C33H37N9O4S. The van der Waals surface area contributed by atoms with Crippen LogP contribution in [0.1, 0.15) is 49.4 Å². The van der Waals surface area contributed by atoms with Crippen molar-refractivity contribution in [1.82, 2.24) is 29.5 Å². The van der Waals surface area contributed by atoms with Crippen LogP contribution in [-0.4, -0.2) is 84.7 Å². The number of pyridine rings is 3. The van der Waals surface area contributed by atoms with Crippen molar-refractivity contribution in [3.05, 3.63) is 54.1 Å². The fourth-order valence-electron chi connectivity index (χ4n) is 6.54. The summed E-state index contributed by atoms with van der Waals surface area (Å²) in [5.41, 5.74) is 4.45. The fraction of sp³-hybridized carbons (Fsp3) is 0.455. The minimum Gasteiger partial charge on any atom is -0.378 e. The van der Waals surface area contributed by atoms with Crippen molar-refractivity contribution in [2.45, 2.75) is 44.4 Å². The topological polar surface area (TPSA) is 159 Å². The van der Waals surface area contributed by atoms with E-state index in [9.17, 15) is 18.5 Å². The Morgan fingerprint density at radius 1 is 1.02 bits per heavy atom. The van der Waals surface area contributed by atoms with E-state index in [1.165, 1.54) is 0 Å². The Bertz CT molecular complexity index is 1940. The van der Waals surface area contributed by atoms with E-state index >= 15 is 0 Å². The molecule has 0 unspecified atom stereocenters. The van der Waals surface area contributed by atoms with Gasteiger partial charge < -0.3 is 14.5 Å². The highest BCUT2D eigenvalue weighted by atomic mass is 32.2. The van der Waals surface area contributed by atoms with Gasteiger partial charge in [-0.25, -0.2) is 28.1 Å². The van der Waals surface area contributed by atoms with Gasteiger partial charge in [0, 0.05) is 62.0 Å². The summed E-state index contributed by atoms with van der Waals surface area (Å²) in [5.74, 6) is 1.37. The standard InChI is InChI=1S/C33H37N9O4S/c1-47(44,45)39-30(43)18-25-17-27(24-5-6-28(36-21-24)40-11-8-22(20-34)9-12-40)31-32(23-3-2-4-23)38-42(33(31)37-25)26-7-10-35-29(19-26)41-13-15-46-16-14-41/h5-7,10,17,19,21-23H,2-4,8-9,11-16,18H2,1H3,(H,39,43). The average molecular weight is 656 g/mol. The van der Waals surface area contributed by atoms with Crippen molar-refractivity contribution in [3.63, 3.8) is 0 Å². The molecule has 4 aromatic rings. The smallest absolute Gasteiger partial charge is 0.239 e. The molecule has 2 aliphatic heterocycles. The Hall–Kier alpha value is -4.61. The Balaban J connectivity index is 1.34. The molecule has 0 bridgehead atoms. The summed E-state index contributed by atoms with van der Waals surface area (Å²) >= 11 is 0. The minimum atomic E-state index is -3.74. The van der Waals surface area contributed by atoms with Crippen molar-refractivity contribution in [1.29, 1.82) is 5.26 Å². The van der Waals surface area contributed by atoms with Crippen LogP contribution in [-0.2, 0) is 26.0 Å². The van der Waals surface area contributed by atoms with Gasteiger partial charge in [-0.2, -0.15) is 10.4 Å². The number of nitrogens with one attached hydrogen (secondary N) is 1. The van der Waals surface area contributed by atoms with Crippen molar-refractivity contribution < 1.29 is 17.9 Å². The number of nitrogens with zero attached hydrogens (tertiary/aromatic N) is 8. The maximum atomic E-state index is 12.8. The zero-order valence-electron chi connectivity index (χ0n) is 26.3. The molecule has 0 spiro atoms. The maximum absolute atomic E-state index is 12.8. The van der Waals surface area contributed by atoms with Gasteiger partial charge in [0.1, 0.15) is 11.6 Å². The largest absolute Gasteiger partial charge is 0.378 e. The first-order chi connectivity index (χ1) is 22.8. The number of anilines is 2. The zero-order valence-corrected chi connectivity index (χ0v) is 27.1. The number of hydrogen-bond donors (Lipinski definition) is 1. The SMILES string of the molecule is CS(=O)(=O)NC(=O)Cc1cc(-c2ccc(N3CCC(C#N)CC3)nc2)c2c(C3CCC3)nn(-c3ccnc(N4CCOCC4)c3)c2n1. The minimum absolute atomic E-state index is 0.0840. The number of amides is 1. The van der Waals surface area contributed by atoms with E-state index in [2.05, 4.69) is 25.6 Å². The van der Waals surface area contributed by atoms with Crippen LogP contribution in [0.25, 0.3) is 27.8 Å². The number of morpholine rings is 1. The summed E-state index contributed by atoms with van der Waals surface area (Å²) < 4.78 is 33.1. The maximum Gasteiger partial charge on any atom is 0.239 e. The number of carbonyl (C=O) groups excluding carboxylic acids is 1. The number of piperidine rings is 1. The molecule has 0 aromatic carbocycles. The van der Waals surface area contributed by atoms with E-state index in [4.69, 9.17) is 19.8 Å². The number of aromatic nitrogens is 5. The van der Waals surface area contributed by atoms with Crippen molar-refractivity contribution >= 4 is 38.6 Å². The molecular weight excluding hydrogens is 618 g/mol. The van der Waals surface area contributed by atoms with Gasteiger partial charge in [-0.05, 0) is 55.5 Å². The summed E-state index contributed by atoms with van der Waals surface area (Å²) in [6.45, 7) is 4.31. The number of sulfonamides is 1. The Labute approximate surface area is 273 Å².